The number of hydrogen-bond donors (Lipinski definition) is 1. The largest absolute Gasteiger partial charge is 0.358 e. The molecule has 1 saturated heterocycles. The zero-order valence-corrected chi connectivity index (χ0v) is 13.9. The molecule has 0 radical (unpaired) electrons. The van der Waals surface area contributed by atoms with Gasteiger partial charge in [-0.3, -0.25) is 9.59 Å². The summed E-state index contributed by atoms with van der Waals surface area (Å²) in [4.78, 5) is 31.9. The van der Waals surface area contributed by atoms with E-state index >= 15 is 0 Å². The van der Waals surface area contributed by atoms with Crippen molar-refractivity contribution < 1.29 is 9.59 Å². The average molecular weight is 325 g/mol. The molecule has 4 rings (SSSR count). The highest BCUT2D eigenvalue weighted by atomic mass is 16.2. The van der Waals surface area contributed by atoms with Gasteiger partial charge in [0.1, 0.15) is 0 Å². The van der Waals surface area contributed by atoms with Crippen molar-refractivity contribution in [2.45, 2.75) is 38.6 Å². The summed E-state index contributed by atoms with van der Waals surface area (Å²) in [6.45, 7) is 3.09. The number of carbonyl (C=O) groups is 2. The van der Waals surface area contributed by atoms with Crippen LogP contribution in [-0.4, -0.2) is 46.2 Å². The van der Waals surface area contributed by atoms with Crippen LogP contribution in [0.2, 0.25) is 0 Å². The van der Waals surface area contributed by atoms with Gasteiger partial charge in [-0.15, -0.1) is 0 Å². The first kappa shape index (κ1) is 15.2. The SMILES string of the molecule is O=C(CCC(=O)N1CCc2[nH]c3ccccc3c2C1)N1CCCC1. The van der Waals surface area contributed by atoms with Gasteiger partial charge < -0.3 is 14.8 Å². The second-order valence-corrected chi connectivity index (χ2v) is 6.78. The van der Waals surface area contributed by atoms with Crippen molar-refractivity contribution in [3.63, 3.8) is 0 Å². The Balaban J connectivity index is 1.40. The van der Waals surface area contributed by atoms with Crippen molar-refractivity contribution in [3.8, 4) is 0 Å². The molecule has 5 nitrogen and oxygen atoms in total. The van der Waals surface area contributed by atoms with Gasteiger partial charge in [0.05, 0.1) is 0 Å². The zero-order valence-electron chi connectivity index (χ0n) is 13.9. The molecule has 2 aliphatic rings. The van der Waals surface area contributed by atoms with Crippen LogP contribution >= 0.6 is 0 Å². The van der Waals surface area contributed by atoms with Crippen LogP contribution in [0.1, 0.15) is 36.9 Å². The van der Waals surface area contributed by atoms with Crippen LogP contribution in [0.25, 0.3) is 10.9 Å². The van der Waals surface area contributed by atoms with Gasteiger partial charge in [-0.1, -0.05) is 18.2 Å². The fourth-order valence-corrected chi connectivity index (χ4v) is 3.88. The molecule has 0 unspecified atom stereocenters. The molecule has 0 spiro atoms. The van der Waals surface area contributed by atoms with Gasteiger partial charge in [0.25, 0.3) is 0 Å². The third-order valence-electron chi connectivity index (χ3n) is 5.25. The molecule has 2 aliphatic heterocycles. The molecule has 0 saturated carbocycles. The normalized spacial score (nSPS) is 17.3. The first-order valence-electron chi connectivity index (χ1n) is 8.86. The molecule has 2 amide bonds. The van der Waals surface area contributed by atoms with Gasteiger partial charge in [-0.05, 0) is 18.9 Å². The molecule has 1 fully saturated rings. The molecular formula is C19H23N3O2. The number of hydrogen-bond acceptors (Lipinski definition) is 2. The van der Waals surface area contributed by atoms with Crippen LogP contribution in [0.5, 0.6) is 0 Å². The third-order valence-corrected chi connectivity index (χ3v) is 5.25. The summed E-state index contributed by atoms with van der Waals surface area (Å²) in [6.07, 6.45) is 3.71. The number of para-hydroxylation sites is 1. The van der Waals surface area contributed by atoms with Crippen LogP contribution in [0.15, 0.2) is 24.3 Å². The summed E-state index contributed by atoms with van der Waals surface area (Å²) in [5.74, 6) is 0.226. The lowest BCUT2D eigenvalue weighted by atomic mass is 10.0. The highest BCUT2D eigenvalue weighted by molar-refractivity contribution is 5.87. The summed E-state index contributed by atoms with van der Waals surface area (Å²) >= 11 is 0. The van der Waals surface area contributed by atoms with E-state index < -0.39 is 0 Å². The van der Waals surface area contributed by atoms with Gasteiger partial charge in [-0.25, -0.2) is 0 Å². The summed E-state index contributed by atoms with van der Waals surface area (Å²) < 4.78 is 0. The van der Waals surface area contributed by atoms with Crippen molar-refractivity contribution in [1.29, 1.82) is 0 Å². The maximum atomic E-state index is 12.5. The Bertz CT molecular complexity index is 774. The Morgan fingerprint density at radius 2 is 1.67 bits per heavy atom. The topological polar surface area (TPSA) is 56.4 Å². The van der Waals surface area contributed by atoms with Gasteiger partial charge in [0.2, 0.25) is 11.8 Å². The minimum absolute atomic E-state index is 0.0958. The Labute approximate surface area is 141 Å². The summed E-state index contributed by atoms with van der Waals surface area (Å²) in [5.41, 5.74) is 3.62. The van der Waals surface area contributed by atoms with Crippen LogP contribution in [-0.2, 0) is 22.6 Å². The Kier molecular flexibility index (Phi) is 4.00. The number of aromatic nitrogens is 1. The highest BCUT2D eigenvalue weighted by Crippen LogP contribution is 2.27. The predicted octanol–water partition coefficient (Wildman–Crippen LogP) is 2.46. The van der Waals surface area contributed by atoms with E-state index in [1.807, 2.05) is 21.9 Å². The number of nitrogens with one attached hydrogen (secondary N) is 1. The van der Waals surface area contributed by atoms with E-state index in [1.54, 1.807) is 0 Å². The van der Waals surface area contributed by atoms with E-state index in [4.69, 9.17) is 0 Å². The monoisotopic (exact) mass is 325 g/mol. The van der Waals surface area contributed by atoms with E-state index in [9.17, 15) is 9.59 Å². The smallest absolute Gasteiger partial charge is 0.223 e. The maximum absolute atomic E-state index is 12.5. The fourth-order valence-electron chi connectivity index (χ4n) is 3.88. The van der Waals surface area contributed by atoms with Gasteiger partial charge in [-0.2, -0.15) is 0 Å². The van der Waals surface area contributed by atoms with Crippen LogP contribution in [0.4, 0.5) is 0 Å². The first-order chi connectivity index (χ1) is 11.7. The minimum atomic E-state index is 0.0958. The average Bonchev–Trinajstić information content (AvgIpc) is 3.26. The van der Waals surface area contributed by atoms with Crippen molar-refractivity contribution in [2.24, 2.45) is 0 Å². The Morgan fingerprint density at radius 3 is 2.46 bits per heavy atom. The van der Waals surface area contributed by atoms with E-state index in [1.165, 1.54) is 16.6 Å². The minimum Gasteiger partial charge on any atom is -0.358 e. The third kappa shape index (κ3) is 2.79. The van der Waals surface area contributed by atoms with Crippen molar-refractivity contribution in [3.05, 3.63) is 35.5 Å². The summed E-state index contributed by atoms with van der Waals surface area (Å²) in [6, 6.07) is 8.24. The molecular weight excluding hydrogens is 302 g/mol. The van der Waals surface area contributed by atoms with Crippen molar-refractivity contribution in [2.75, 3.05) is 19.6 Å². The number of nitrogens with zero attached hydrogens (tertiary/aromatic N) is 2. The molecule has 2 aromatic rings. The molecule has 1 aromatic heterocycles. The van der Waals surface area contributed by atoms with Crippen LogP contribution in [0, 0.1) is 0 Å². The number of carbonyl (C=O) groups excluding carboxylic acids is 2. The lowest BCUT2D eigenvalue weighted by Gasteiger charge is -2.27. The highest BCUT2D eigenvalue weighted by Gasteiger charge is 2.25. The van der Waals surface area contributed by atoms with E-state index in [0.29, 0.717) is 19.4 Å². The molecule has 0 bridgehead atoms. The number of fused-ring (bicyclic) bond motifs is 3. The lowest BCUT2D eigenvalue weighted by molar-refractivity contribution is -0.137. The second kappa shape index (κ2) is 6.30. The van der Waals surface area contributed by atoms with Crippen molar-refractivity contribution in [1.82, 2.24) is 14.8 Å². The molecule has 5 heteroatoms. The second-order valence-electron chi connectivity index (χ2n) is 6.78. The fraction of sp³-hybridized carbons (Fsp3) is 0.474. The van der Waals surface area contributed by atoms with Gasteiger partial charge in [0, 0.05) is 67.6 Å². The lowest BCUT2D eigenvalue weighted by Crippen LogP contribution is -2.36. The number of aromatic amines is 1. The summed E-state index contributed by atoms with van der Waals surface area (Å²) in [5, 5.41) is 1.21. The first-order valence-corrected chi connectivity index (χ1v) is 8.86. The maximum Gasteiger partial charge on any atom is 0.223 e. The number of rotatable bonds is 3. The molecule has 3 heterocycles. The molecule has 126 valence electrons. The van der Waals surface area contributed by atoms with E-state index in [-0.39, 0.29) is 11.8 Å². The molecule has 1 aromatic carbocycles. The molecule has 0 atom stereocenters. The van der Waals surface area contributed by atoms with Gasteiger partial charge in [0.15, 0.2) is 0 Å². The Hall–Kier alpha value is -2.30. The molecule has 24 heavy (non-hydrogen) atoms. The number of benzene rings is 1. The molecule has 0 aliphatic carbocycles. The van der Waals surface area contributed by atoms with Crippen LogP contribution in [0.3, 0.4) is 0 Å². The van der Waals surface area contributed by atoms with Crippen LogP contribution < -0.4 is 0 Å². The zero-order chi connectivity index (χ0) is 16.5. The number of amides is 2. The van der Waals surface area contributed by atoms with E-state index in [0.717, 1.165) is 44.4 Å². The quantitative estimate of drug-likeness (QED) is 0.942. The standard InChI is InChI=1S/C19H23N3O2/c23-18(21-10-3-4-11-21)7-8-19(24)22-12-9-17-15(13-22)14-5-1-2-6-16(14)20-17/h1-2,5-6,20H,3-4,7-13H2. The Morgan fingerprint density at radius 1 is 0.958 bits per heavy atom. The van der Waals surface area contributed by atoms with Gasteiger partial charge >= 0.3 is 0 Å². The van der Waals surface area contributed by atoms with Crippen molar-refractivity contribution >= 4 is 22.7 Å². The number of H-pyrrole nitrogens is 1. The predicted molar refractivity (Wildman–Crippen MR) is 92.5 cm³/mol. The van der Waals surface area contributed by atoms with E-state index in [2.05, 4.69) is 17.1 Å². The summed E-state index contributed by atoms with van der Waals surface area (Å²) in [7, 11) is 0. The number of likely N-dealkylation sites (tertiary alicyclic amines) is 1. The molecule has 1 N–H and O–H groups in total.